The summed E-state index contributed by atoms with van der Waals surface area (Å²) in [6.07, 6.45) is 0. The molecule has 0 aliphatic carbocycles. The molecule has 2 aromatic heterocycles. The molecule has 158 valence electrons. The minimum Gasteiger partial charge on any atom is -0.324 e. The van der Waals surface area contributed by atoms with Crippen LogP contribution in [0.15, 0.2) is 63.5 Å². The Labute approximate surface area is 176 Å². The number of aromatic nitrogens is 2. The quantitative estimate of drug-likeness (QED) is 0.512. The summed E-state index contributed by atoms with van der Waals surface area (Å²) in [6.45, 7) is -0.550. The van der Waals surface area contributed by atoms with E-state index in [0.29, 0.717) is 5.56 Å². The van der Waals surface area contributed by atoms with Crippen molar-refractivity contribution in [2.75, 3.05) is 5.32 Å². The van der Waals surface area contributed by atoms with E-state index in [-0.39, 0.29) is 22.4 Å². The molecule has 10 heteroatoms. The molecule has 2 aromatic carbocycles. The Kier molecular flexibility index (Phi) is 5.47. The van der Waals surface area contributed by atoms with Crippen LogP contribution in [0.2, 0.25) is 0 Å². The molecule has 0 unspecified atom stereocenters. The number of carbonyl (C=O) groups excluding carboxylic acids is 1. The molecule has 6 nitrogen and oxygen atoms in total. The number of carbonyl (C=O) groups is 1. The minimum absolute atomic E-state index is 0.0261. The van der Waals surface area contributed by atoms with Crippen LogP contribution < -0.4 is 16.6 Å². The predicted octanol–water partition coefficient (Wildman–Crippen LogP) is 3.33. The van der Waals surface area contributed by atoms with Gasteiger partial charge in [-0.05, 0) is 41.3 Å². The molecule has 4 aromatic rings. The molecule has 2 heterocycles. The Bertz CT molecular complexity index is 1410. The van der Waals surface area contributed by atoms with Crippen LogP contribution >= 0.6 is 11.3 Å². The number of amides is 1. The maximum absolute atomic E-state index is 13.4. The predicted molar refractivity (Wildman–Crippen MR) is 111 cm³/mol. The lowest BCUT2D eigenvalue weighted by atomic mass is 10.2. The molecule has 0 atom stereocenters. The molecule has 0 bridgehead atoms. The SMILES string of the molecule is O=C(Cn1c(=O)n(Cc2ccc(F)cc2)c(=O)c2sccc21)Nc1ccc(F)c(F)c1. The van der Waals surface area contributed by atoms with Gasteiger partial charge >= 0.3 is 5.69 Å². The average molecular weight is 445 g/mol. The smallest absolute Gasteiger partial charge is 0.324 e. The molecule has 1 amide bonds. The number of nitrogens with one attached hydrogen (secondary N) is 1. The van der Waals surface area contributed by atoms with E-state index in [0.717, 1.165) is 32.6 Å². The summed E-state index contributed by atoms with van der Waals surface area (Å²) in [5, 5.41) is 4.02. The lowest BCUT2D eigenvalue weighted by molar-refractivity contribution is -0.116. The number of benzene rings is 2. The fourth-order valence-corrected chi connectivity index (χ4v) is 3.96. The third-order valence-corrected chi connectivity index (χ3v) is 5.49. The van der Waals surface area contributed by atoms with Gasteiger partial charge in [0.25, 0.3) is 5.56 Å². The van der Waals surface area contributed by atoms with Crippen molar-refractivity contribution in [1.82, 2.24) is 9.13 Å². The van der Waals surface area contributed by atoms with Gasteiger partial charge in [-0.25, -0.2) is 18.0 Å². The van der Waals surface area contributed by atoms with E-state index in [2.05, 4.69) is 5.32 Å². The highest BCUT2D eigenvalue weighted by molar-refractivity contribution is 7.17. The van der Waals surface area contributed by atoms with Crippen LogP contribution in [0.1, 0.15) is 5.56 Å². The normalized spacial score (nSPS) is 11.1. The highest BCUT2D eigenvalue weighted by atomic mass is 32.1. The van der Waals surface area contributed by atoms with Crippen molar-refractivity contribution >= 4 is 33.1 Å². The maximum Gasteiger partial charge on any atom is 0.332 e. The molecular formula is C21H14F3N3O3S. The fraction of sp³-hybridized carbons (Fsp3) is 0.0952. The van der Waals surface area contributed by atoms with Gasteiger partial charge in [-0.2, -0.15) is 0 Å². The van der Waals surface area contributed by atoms with E-state index >= 15 is 0 Å². The minimum atomic E-state index is -1.12. The Morgan fingerprint density at radius 3 is 2.39 bits per heavy atom. The number of fused-ring (bicyclic) bond motifs is 1. The van der Waals surface area contributed by atoms with Gasteiger partial charge in [0.2, 0.25) is 5.91 Å². The zero-order chi connectivity index (χ0) is 22.1. The van der Waals surface area contributed by atoms with Gasteiger partial charge < -0.3 is 5.32 Å². The first-order chi connectivity index (χ1) is 14.8. The number of hydrogen-bond acceptors (Lipinski definition) is 4. The first-order valence-electron chi connectivity index (χ1n) is 9.03. The summed E-state index contributed by atoms with van der Waals surface area (Å²) in [5.74, 6) is -3.28. The van der Waals surface area contributed by atoms with Crippen molar-refractivity contribution in [1.29, 1.82) is 0 Å². The number of nitrogens with zero attached hydrogens (tertiary/aromatic N) is 2. The maximum atomic E-state index is 13.4. The number of halogens is 3. The monoisotopic (exact) mass is 445 g/mol. The Morgan fingerprint density at radius 2 is 1.68 bits per heavy atom. The second-order valence-electron chi connectivity index (χ2n) is 6.70. The third kappa shape index (κ3) is 4.15. The molecule has 0 aliphatic rings. The Hall–Kier alpha value is -3.66. The van der Waals surface area contributed by atoms with Crippen molar-refractivity contribution in [3.05, 3.63) is 97.8 Å². The van der Waals surface area contributed by atoms with Gasteiger partial charge in [0.1, 0.15) is 17.1 Å². The molecule has 0 saturated heterocycles. The molecule has 31 heavy (non-hydrogen) atoms. The summed E-state index contributed by atoms with van der Waals surface area (Å²) in [7, 11) is 0. The second-order valence-corrected chi connectivity index (χ2v) is 7.61. The van der Waals surface area contributed by atoms with Crippen LogP contribution in [-0.4, -0.2) is 15.0 Å². The van der Waals surface area contributed by atoms with Crippen molar-refractivity contribution in [2.24, 2.45) is 0 Å². The van der Waals surface area contributed by atoms with Gasteiger partial charge in [0, 0.05) is 11.8 Å². The van der Waals surface area contributed by atoms with Crippen LogP contribution in [0.3, 0.4) is 0 Å². The molecule has 0 fully saturated rings. The van der Waals surface area contributed by atoms with Crippen molar-refractivity contribution in [3.63, 3.8) is 0 Å². The first kappa shape index (κ1) is 20.6. The zero-order valence-electron chi connectivity index (χ0n) is 15.8. The standard InChI is InChI=1S/C21H14F3N3O3S/c22-13-3-1-12(2-4-13)10-27-20(29)19-17(7-8-31-19)26(21(27)30)11-18(28)25-14-5-6-15(23)16(24)9-14/h1-9H,10-11H2,(H,25,28). The van der Waals surface area contributed by atoms with Crippen molar-refractivity contribution < 1.29 is 18.0 Å². The highest BCUT2D eigenvalue weighted by Gasteiger charge is 2.17. The van der Waals surface area contributed by atoms with E-state index in [1.165, 1.54) is 30.3 Å². The van der Waals surface area contributed by atoms with Crippen molar-refractivity contribution in [2.45, 2.75) is 13.1 Å². The van der Waals surface area contributed by atoms with Gasteiger partial charge in [-0.1, -0.05) is 12.1 Å². The van der Waals surface area contributed by atoms with Gasteiger partial charge in [0.15, 0.2) is 11.6 Å². The van der Waals surface area contributed by atoms with E-state index in [9.17, 15) is 27.6 Å². The molecule has 0 aliphatic heterocycles. The van der Waals surface area contributed by atoms with E-state index < -0.39 is 41.2 Å². The summed E-state index contributed by atoms with van der Waals surface area (Å²) in [4.78, 5) is 38.3. The number of hydrogen-bond donors (Lipinski definition) is 1. The zero-order valence-corrected chi connectivity index (χ0v) is 16.6. The van der Waals surface area contributed by atoms with E-state index in [4.69, 9.17) is 0 Å². The van der Waals surface area contributed by atoms with Crippen LogP contribution in [0.5, 0.6) is 0 Å². The van der Waals surface area contributed by atoms with Crippen LogP contribution in [-0.2, 0) is 17.9 Å². The summed E-state index contributed by atoms with van der Waals surface area (Å²) < 4.78 is 42.0. The molecule has 0 saturated carbocycles. The second kappa shape index (κ2) is 8.23. The van der Waals surface area contributed by atoms with Crippen LogP contribution in [0.25, 0.3) is 10.2 Å². The molecule has 4 rings (SSSR count). The Morgan fingerprint density at radius 1 is 0.935 bits per heavy atom. The van der Waals surface area contributed by atoms with Crippen LogP contribution in [0, 0.1) is 17.5 Å². The molecule has 0 spiro atoms. The third-order valence-electron chi connectivity index (χ3n) is 4.60. The number of rotatable bonds is 5. The van der Waals surface area contributed by atoms with Gasteiger partial charge in [-0.3, -0.25) is 18.7 Å². The van der Waals surface area contributed by atoms with Gasteiger partial charge in [0.05, 0.1) is 12.1 Å². The molecule has 0 radical (unpaired) electrons. The van der Waals surface area contributed by atoms with E-state index in [1.807, 2.05) is 0 Å². The first-order valence-corrected chi connectivity index (χ1v) is 9.91. The lowest BCUT2D eigenvalue weighted by Crippen LogP contribution is -2.41. The summed E-state index contributed by atoms with van der Waals surface area (Å²) in [6, 6.07) is 9.79. The molecular weight excluding hydrogens is 431 g/mol. The Balaban J connectivity index is 1.69. The number of anilines is 1. The highest BCUT2D eigenvalue weighted by Crippen LogP contribution is 2.17. The van der Waals surface area contributed by atoms with Crippen molar-refractivity contribution in [3.8, 4) is 0 Å². The van der Waals surface area contributed by atoms with E-state index in [1.54, 1.807) is 11.4 Å². The summed E-state index contributed by atoms with van der Waals surface area (Å²) in [5.41, 5.74) is -0.388. The largest absolute Gasteiger partial charge is 0.332 e. The number of thiophene rings is 1. The topological polar surface area (TPSA) is 73.1 Å². The lowest BCUT2D eigenvalue weighted by Gasteiger charge is -2.13. The van der Waals surface area contributed by atoms with Gasteiger partial charge in [-0.15, -0.1) is 11.3 Å². The fourth-order valence-electron chi connectivity index (χ4n) is 3.12. The van der Waals surface area contributed by atoms with Crippen LogP contribution in [0.4, 0.5) is 18.9 Å². The summed E-state index contributed by atoms with van der Waals surface area (Å²) >= 11 is 1.12. The average Bonchev–Trinajstić information content (AvgIpc) is 3.23. The molecule has 1 N–H and O–H groups in total.